The van der Waals surface area contributed by atoms with Crippen molar-refractivity contribution in [3.05, 3.63) is 42.5 Å². The average Bonchev–Trinajstić information content (AvgIpc) is 2.37. The number of carbonyl (C=O) groups excluding carboxylic acids is 1. The Labute approximate surface area is 105 Å². The van der Waals surface area contributed by atoms with Gasteiger partial charge in [-0.25, -0.2) is 9.59 Å². The van der Waals surface area contributed by atoms with Crippen LogP contribution in [-0.2, 0) is 4.74 Å². The number of anilines is 1. The second kappa shape index (κ2) is 6.44. The van der Waals surface area contributed by atoms with E-state index in [1.165, 1.54) is 23.1 Å². The maximum Gasteiger partial charge on any atom is 0.414 e. The highest BCUT2D eigenvalue weighted by Crippen LogP contribution is 2.17. The molecule has 0 heterocycles. The molecule has 5 heteroatoms. The smallest absolute Gasteiger partial charge is 0.414 e. The van der Waals surface area contributed by atoms with Crippen molar-refractivity contribution in [1.29, 1.82) is 0 Å². The average molecular weight is 249 g/mol. The largest absolute Gasteiger partial charge is 0.478 e. The van der Waals surface area contributed by atoms with Crippen LogP contribution in [-0.4, -0.2) is 30.3 Å². The fourth-order valence-corrected chi connectivity index (χ4v) is 1.43. The minimum absolute atomic E-state index is 0.119. The van der Waals surface area contributed by atoms with Crippen molar-refractivity contribution in [1.82, 2.24) is 0 Å². The zero-order valence-electron chi connectivity index (χ0n) is 10.1. The van der Waals surface area contributed by atoms with Gasteiger partial charge in [0.05, 0.1) is 5.56 Å². The van der Waals surface area contributed by atoms with Gasteiger partial charge >= 0.3 is 12.1 Å². The molecule has 1 amide bonds. The van der Waals surface area contributed by atoms with Crippen molar-refractivity contribution in [2.45, 2.75) is 6.92 Å². The zero-order valence-corrected chi connectivity index (χ0v) is 10.1. The molecule has 0 bridgehead atoms. The molecule has 0 aliphatic carbocycles. The summed E-state index contributed by atoms with van der Waals surface area (Å²) in [7, 11) is 0. The van der Waals surface area contributed by atoms with Crippen LogP contribution in [0.2, 0.25) is 0 Å². The summed E-state index contributed by atoms with van der Waals surface area (Å²) in [5, 5.41) is 8.90. The second-order valence-electron chi connectivity index (χ2n) is 3.47. The van der Waals surface area contributed by atoms with Crippen LogP contribution in [0.4, 0.5) is 10.5 Å². The summed E-state index contributed by atoms with van der Waals surface area (Å²) in [6.07, 6.45) is 0.944. The molecular formula is C13H15NO4. The summed E-state index contributed by atoms with van der Waals surface area (Å²) in [5.74, 6) is -1.03. The predicted octanol–water partition coefficient (Wildman–Crippen LogP) is 2.53. The highest BCUT2D eigenvalue weighted by molar-refractivity contribution is 5.92. The molecule has 5 nitrogen and oxygen atoms in total. The van der Waals surface area contributed by atoms with Gasteiger partial charge in [0.1, 0.15) is 6.61 Å². The quantitative estimate of drug-likeness (QED) is 0.814. The van der Waals surface area contributed by atoms with Crippen molar-refractivity contribution in [3.63, 3.8) is 0 Å². The first kappa shape index (κ1) is 13.8. The lowest BCUT2D eigenvalue weighted by Crippen LogP contribution is -2.31. The molecule has 1 N–H and O–H groups in total. The van der Waals surface area contributed by atoms with E-state index in [4.69, 9.17) is 9.84 Å². The van der Waals surface area contributed by atoms with Gasteiger partial charge in [-0.15, -0.1) is 0 Å². The summed E-state index contributed by atoms with van der Waals surface area (Å²) in [4.78, 5) is 23.9. The van der Waals surface area contributed by atoms with Crippen LogP contribution in [0.1, 0.15) is 17.3 Å². The van der Waals surface area contributed by atoms with Gasteiger partial charge in [0.15, 0.2) is 0 Å². The van der Waals surface area contributed by atoms with E-state index in [1.807, 2.05) is 0 Å². The molecule has 0 atom stereocenters. The molecule has 0 aliphatic heterocycles. The summed E-state index contributed by atoms with van der Waals surface area (Å²) in [6, 6.07) is 6.14. The third-order valence-electron chi connectivity index (χ3n) is 2.27. The van der Waals surface area contributed by atoms with Gasteiger partial charge in [-0.2, -0.15) is 0 Å². The van der Waals surface area contributed by atoms with Crippen LogP contribution in [0.25, 0.3) is 0 Å². The number of carboxylic acid groups (broad SMARTS) is 1. The molecule has 0 spiro atoms. The number of aromatic carboxylic acids is 1. The topological polar surface area (TPSA) is 66.8 Å². The third kappa shape index (κ3) is 3.35. The fraction of sp³-hybridized carbons (Fsp3) is 0.231. The molecule has 1 rings (SSSR count). The third-order valence-corrected chi connectivity index (χ3v) is 2.27. The summed E-state index contributed by atoms with van der Waals surface area (Å²) < 4.78 is 4.92. The van der Waals surface area contributed by atoms with E-state index >= 15 is 0 Å². The van der Waals surface area contributed by atoms with E-state index < -0.39 is 12.1 Å². The number of hydrogen-bond acceptors (Lipinski definition) is 3. The van der Waals surface area contributed by atoms with Crippen LogP contribution in [0.5, 0.6) is 0 Å². The molecule has 0 aliphatic rings. The summed E-state index contributed by atoms with van der Waals surface area (Å²) >= 11 is 0. The van der Waals surface area contributed by atoms with Crippen molar-refractivity contribution >= 4 is 17.7 Å². The molecule has 0 saturated heterocycles. The van der Waals surface area contributed by atoms with Gasteiger partial charge in [0.25, 0.3) is 0 Å². The van der Waals surface area contributed by atoms with Crippen LogP contribution in [0, 0.1) is 0 Å². The monoisotopic (exact) mass is 249 g/mol. The van der Waals surface area contributed by atoms with E-state index in [-0.39, 0.29) is 12.2 Å². The number of carboxylic acids is 1. The Hall–Kier alpha value is -2.30. The Balaban J connectivity index is 2.94. The predicted molar refractivity (Wildman–Crippen MR) is 68.0 cm³/mol. The number of hydrogen-bond donors (Lipinski definition) is 1. The van der Waals surface area contributed by atoms with Crippen molar-refractivity contribution in [3.8, 4) is 0 Å². The lowest BCUT2D eigenvalue weighted by atomic mass is 10.2. The van der Waals surface area contributed by atoms with Crippen LogP contribution >= 0.6 is 0 Å². The van der Waals surface area contributed by atoms with Gasteiger partial charge in [-0.1, -0.05) is 18.7 Å². The maximum absolute atomic E-state index is 11.7. The SMILES string of the molecule is C=CCOC(=O)N(CC)c1cccc(C(=O)O)c1. The molecule has 0 unspecified atom stereocenters. The first-order chi connectivity index (χ1) is 8.60. The normalized spacial score (nSPS) is 9.61. The van der Waals surface area contributed by atoms with Gasteiger partial charge in [0, 0.05) is 12.2 Å². The maximum atomic E-state index is 11.7. The lowest BCUT2D eigenvalue weighted by molar-refractivity contribution is 0.0696. The van der Waals surface area contributed by atoms with Crippen LogP contribution < -0.4 is 4.90 Å². The van der Waals surface area contributed by atoms with Gasteiger partial charge in [0.2, 0.25) is 0 Å². The molecular weight excluding hydrogens is 234 g/mol. The highest BCUT2D eigenvalue weighted by atomic mass is 16.6. The Morgan fingerprint density at radius 2 is 2.22 bits per heavy atom. The number of amides is 1. The molecule has 1 aromatic rings. The first-order valence-electron chi connectivity index (χ1n) is 5.48. The molecule has 0 aromatic heterocycles. The lowest BCUT2D eigenvalue weighted by Gasteiger charge is -2.20. The minimum atomic E-state index is -1.03. The molecule has 0 radical (unpaired) electrons. The van der Waals surface area contributed by atoms with Gasteiger partial charge in [-0.3, -0.25) is 4.90 Å². The van der Waals surface area contributed by atoms with Crippen molar-refractivity contribution in [2.75, 3.05) is 18.1 Å². The molecule has 0 saturated carbocycles. The molecule has 0 fully saturated rings. The number of nitrogens with zero attached hydrogens (tertiary/aromatic N) is 1. The number of benzene rings is 1. The van der Waals surface area contributed by atoms with Crippen LogP contribution in [0.3, 0.4) is 0 Å². The fourth-order valence-electron chi connectivity index (χ4n) is 1.43. The minimum Gasteiger partial charge on any atom is -0.478 e. The van der Waals surface area contributed by atoms with Gasteiger partial charge in [-0.05, 0) is 25.1 Å². The molecule has 18 heavy (non-hydrogen) atoms. The molecule has 1 aromatic carbocycles. The number of ether oxygens (including phenoxy) is 1. The number of carbonyl (C=O) groups is 2. The van der Waals surface area contributed by atoms with E-state index in [1.54, 1.807) is 19.1 Å². The zero-order chi connectivity index (χ0) is 13.5. The van der Waals surface area contributed by atoms with E-state index in [0.29, 0.717) is 12.2 Å². The Bertz CT molecular complexity index is 456. The second-order valence-corrected chi connectivity index (χ2v) is 3.47. The number of rotatable bonds is 5. The Kier molecular flexibility index (Phi) is 4.92. The van der Waals surface area contributed by atoms with E-state index in [9.17, 15) is 9.59 Å². The van der Waals surface area contributed by atoms with Gasteiger partial charge < -0.3 is 9.84 Å². The van der Waals surface area contributed by atoms with E-state index in [0.717, 1.165) is 0 Å². The molecule has 96 valence electrons. The van der Waals surface area contributed by atoms with Crippen molar-refractivity contribution in [2.24, 2.45) is 0 Å². The Morgan fingerprint density at radius 1 is 1.50 bits per heavy atom. The van der Waals surface area contributed by atoms with Crippen molar-refractivity contribution < 1.29 is 19.4 Å². The standard InChI is InChI=1S/C13H15NO4/c1-3-8-18-13(17)14(4-2)11-7-5-6-10(9-11)12(15)16/h3,5-7,9H,1,4,8H2,2H3,(H,15,16). The van der Waals surface area contributed by atoms with Crippen LogP contribution in [0.15, 0.2) is 36.9 Å². The highest BCUT2D eigenvalue weighted by Gasteiger charge is 2.16. The Morgan fingerprint density at radius 3 is 2.78 bits per heavy atom. The summed E-state index contributed by atoms with van der Waals surface area (Å²) in [6.45, 7) is 5.74. The van der Waals surface area contributed by atoms with E-state index in [2.05, 4.69) is 6.58 Å². The first-order valence-corrected chi connectivity index (χ1v) is 5.48. The summed E-state index contributed by atoms with van der Waals surface area (Å²) in [5.41, 5.74) is 0.619.